The predicted octanol–water partition coefficient (Wildman–Crippen LogP) is -0.104. The third-order valence-electron chi connectivity index (χ3n) is 3.75. The molecule has 118 valence electrons. The molecule has 0 saturated carbocycles. The van der Waals surface area contributed by atoms with Gasteiger partial charge in [-0.3, -0.25) is 4.79 Å². The van der Waals surface area contributed by atoms with E-state index in [-0.39, 0.29) is 17.9 Å². The molecule has 1 saturated heterocycles. The molecular formula is C13H23N5O3. The summed E-state index contributed by atoms with van der Waals surface area (Å²) >= 11 is 0. The predicted molar refractivity (Wildman–Crippen MR) is 76.6 cm³/mol. The first kappa shape index (κ1) is 15.7. The molecule has 1 aliphatic heterocycles. The lowest BCUT2D eigenvalue weighted by Gasteiger charge is -2.35. The van der Waals surface area contributed by atoms with E-state index in [1.165, 1.54) is 0 Å². The fraction of sp³-hybridized carbons (Fsp3) is 0.769. The van der Waals surface area contributed by atoms with E-state index >= 15 is 0 Å². The fourth-order valence-corrected chi connectivity index (χ4v) is 2.41. The zero-order chi connectivity index (χ0) is 15.2. The summed E-state index contributed by atoms with van der Waals surface area (Å²) in [6.07, 6.45) is 1.70. The second-order valence-electron chi connectivity index (χ2n) is 5.33. The fourth-order valence-electron chi connectivity index (χ4n) is 2.41. The van der Waals surface area contributed by atoms with Crippen LogP contribution in [0.15, 0.2) is 4.42 Å². The van der Waals surface area contributed by atoms with Crippen LogP contribution in [0.1, 0.15) is 25.7 Å². The van der Waals surface area contributed by atoms with Crippen LogP contribution in [0, 0.1) is 5.92 Å². The molecule has 2 heterocycles. The van der Waals surface area contributed by atoms with Crippen molar-refractivity contribution < 1.29 is 13.9 Å². The van der Waals surface area contributed by atoms with E-state index in [9.17, 15) is 4.79 Å². The van der Waals surface area contributed by atoms with Crippen LogP contribution in [-0.4, -0.2) is 49.0 Å². The Morgan fingerprint density at radius 1 is 1.52 bits per heavy atom. The first-order valence-corrected chi connectivity index (χ1v) is 7.19. The largest absolute Gasteiger partial charge is 0.407 e. The molecule has 3 N–H and O–H groups in total. The van der Waals surface area contributed by atoms with Gasteiger partial charge in [0.2, 0.25) is 11.8 Å². The minimum Gasteiger partial charge on any atom is -0.407 e. The highest BCUT2D eigenvalue weighted by Crippen LogP contribution is 2.26. The molecule has 1 aromatic rings. The van der Waals surface area contributed by atoms with Crippen LogP contribution in [0.5, 0.6) is 0 Å². The van der Waals surface area contributed by atoms with Crippen molar-refractivity contribution in [2.45, 2.75) is 32.4 Å². The average Bonchev–Trinajstić information content (AvgIpc) is 2.92. The Morgan fingerprint density at radius 2 is 2.33 bits per heavy atom. The van der Waals surface area contributed by atoms with Gasteiger partial charge in [-0.25, -0.2) is 0 Å². The van der Waals surface area contributed by atoms with Gasteiger partial charge in [0.25, 0.3) is 0 Å². The molecule has 0 aromatic carbocycles. The van der Waals surface area contributed by atoms with Gasteiger partial charge in [0.05, 0.1) is 19.1 Å². The van der Waals surface area contributed by atoms with Gasteiger partial charge in [-0.05, 0) is 19.8 Å². The Bertz CT molecular complexity index is 464. The van der Waals surface area contributed by atoms with E-state index in [2.05, 4.69) is 22.4 Å². The summed E-state index contributed by atoms with van der Waals surface area (Å²) in [6.45, 7) is 4.47. The number of amides is 1. The van der Waals surface area contributed by atoms with Gasteiger partial charge in [-0.2, -0.15) is 0 Å². The van der Waals surface area contributed by atoms with Gasteiger partial charge in [-0.1, -0.05) is 5.10 Å². The molecule has 1 amide bonds. The number of nitrogens with one attached hydrogen (secondary N) is 1. The summed E-state index contributed by atoms with van der Waals surface area (Å²) in [7, 11) is 1.65. The highest BCUT2D eigenvalue weighted by Gasteiger charge is 2.31. The smallest absolute Gasteiger partial charge is 0.318 e. The van der Waals surface area contributed by atoms with Gasteiger partial charge >= 0.3 is 6.01 Å². The van der Waals surface area contributed by atoms with Gasteiger partial charge in [0.15, 0.2) is 0 Å². The first-order chi connectivity index (χ1) is 10.1. The lowest BCUT2D eigenvalue weighted by Crippen LogP contribution is -2.46. The maximum atomic E-state index is 11.4. The van der Waals surface area contributed by atoms with Crippen molar-refractivity contribution in [3.63, 3.8) is 0 Å². The molecule has 0 spiro atoms. The van der Waals surface area contributed by atoms with Crippen molar-refractivity contribution in [2.24, 2.45) is 11.7 Å². The molecule has 0 bridgehead atoms. The minimum atomic E-state index is -0.270. The van der Waals surface area contributed by atoms with Gasteiger partial charge in [-0.15, -0.1) is 5.10 Å². The van der Waals surface area contributed by atoms with Crippen LogP contribution >= 0.6 is 0 Å². The highest BCUT2D eigenvalue weighted by molar-refractivity contribution is 5.77. The number of carbonyl (C=O) groups excluding carboxylic acids is 1. The van der Waals surface area contributed by atoms with Gasteiger partial charge < -0.3 is 25.1 Å². The maximum absolute atomic E-state index is 11.4. The van der Waals surface area contributed by atoms with Crippen LogP contribution in [0.25, 0.3) is 0 Å². The van der Waals surface area contributed by atoms with E-state index in [1.54, 1.807) is 7.11 Å². The molecule has 2 unspecified atom stereocenters. The topological polar surface area (TPSA) is 107 Å². The van der Waals surface area contributed by atoms with Crippen LogP contribution in [0.2, 0.25) is 0 Å². The van der Waals surface area contributed by atoms with E-state index in [0.717, 1.165) is 19.4 Å². The molecule has 8 nitrogen and oxygen atoms in total. The minimum absolute atomic E-state index is 0.156. The second kappa shape index (κ2) is 7.37. The molecule has 8 heteroatoms. The Hall–Kier alpha value is -1.67. The number of nitrogens with zero attached hydrogens (tertiary/aromatic N) is 3. The van der Waals surface area contributed by atoms with Gasteiger partial charge in [0.1, 0.15) is 0 Å². The van der Waals surface area contributed by atoms with Crippen molar-refractivity contribution >= 4 is 11.9 Å². The number of carbonyl (C=O) groups is 1. The number of ether oxygens (including phenoxy) is 1. The van der Waals surface area contributed by atoms with Crippen LogP contribution in [0.3, 0.4) is 0 Å². The van der Waals surface area contributed by atoms with Crippen molar-refractivity contribution in [3.05, 3.63) is 5.89 Å². The lowest BCUT2D eigenvalue weighted by atomic mass is 9.93. The molecule has 0 radical (unpaired) electrons. The normalized spacial score (nSPS) is 22.5. The van der Waals surface area contributed by atoms with Crippen LogP contribution in [-0.2, 0) is 16.1 Å². The van der Waals surface area contributed by atoms with E-state index in [0.29, 0.717) is 31.6 Å². The van der Waals surface area contributed by atoms with Crippen molar-refractivity contribution in [2.75, 3.05) is 31.7 Å². The number of primary amides is 1. The SMILES string of the molecule is COCCNCc1nnc(N2CC(C(N)=O)CCC2C)o1. The van der Waals surface area contributed by atoms with Crippen molar-refractivity contribution in [1.29, 1.82) is 0 Å². The number of methoxy groups -OCH3 is 1. The second-order valence-corrected chi connectivity index (χ2v) is 5.33. The number of piperidine rings is 1. The summed E-state index contributed by atoms with van der Waals surface area (Å²) < 4.78 is 10.6. The summed E-state index contributed by atoms with van der Waals surface area (Å²) in [6, 6.07) is 0.715. The maximum Gasteiger partial charge on any atom is 0.318 e. The Balaban J connectivity index is 1.94. The average molecular weight is 297 g/mol. The molecule has 2 atom stereocenters. The number of hydrogen-bond donors (Lipinski definition) is 2. The summed E-state index contributed by atoms with van der Waals surface area (Å²) in [5, 5.41) is 11.2. The monoisotopic (exact) mass is 297 g/mol. The molecule has 1 fully saturated rings. The lowest BCUT2D eigenvalue weighted by molar-refractivity contribution is -0.122. The van der Waals surface area contributed by atoms with Crippen LogP contribution < -0.4 is 16.0 Å². The van der Waals surface area contributed by atoms with Gasteiger partial charge in [0, 0.05) is 26.2 Å². The zero-order valence-electron chi connectivity index (χ0n) is 12.5. The van der Waals surface area contributed by atoms with Crippen LogP contribution in [0.4, 0.5) is 6.01 Å². The summed E-state index contributed by atoms with van der Waals surface area (Å²) in [4.78, 5) is 13.3. The molecular weight excluding hydrogens is 274 g/mol. The third-order valence-corrected chi connectivity index (χ3v) is 3.75. The standard InChI is InChI=1S/C13H23N5O3/c1-9-3-4-10(12(14)19)8-18(9)13-17-16-11(21-13)7-15-5-6-20-2/h9-10,15H,3-8H2,1-2H3,(H2,14,19). The van der Waals surface area contributed by atoms with E-state index in [4.69, 9.17) is 14.9 Å². The Kier molecular flexibility index (Phi) is 5.51. The summed E-state index contributed by atoms with van der Waals surface area (Å²) in [5.41, 5.74) is 5.40. The number of hydrogen-bond acceptors (Lipinski definition) is 7. The first-order valence-electron chi connectivity index (χ1n) is 7.19. The number of nitrogens with two attached hydrogens (primary N) is 1. The molecule has 21 heavy (non-hydrogen) atoms. The Morgan fingerprint density at radius 3 is 3.05 bits per heavy atom. The Labute approximate surface area is 124 Å². The van der Waals surface area contributed by atoms with Crippen molar-refractivity contribution in [3.8, 4) is 0 Å². The summed E-state index contributed by atoms with van der Waals surface area (Å²) in [5.74, 6) is 0.0961. The zero-order valence-corrected chi connectivity index (χ0v) is 12.5. The molecule has 0 aliphatic carbocycles. The number of aromatic nitrogens is 2. The highest BCUT2D eigenvalue weighted by atomic mass is 16.5. The number of rotatable bonds is 7. The van der Waals surface area contributed by atoms with E-state index < -0.39 is 0 Å². The molecule has 1 aromatic heterocycles. The van der Waals surface area contributed by atoms with E-state index in [1.807, 2.05) is 4.90 Å². The number of anilines is 1. The molecule has 1 aliphatic rings. The molecule has 2 rings (SSSR count). The third kappa shape index (κ3) is 4.15. The van der Waals surface area contributed by atoms with Crippen molar-refractivity contribution in [1.82, 2.24) is 15.5 Å². The quantitative estimate of drug-likeness (QED) is 0.676.